The van der Waals surface area contributed by atoms with Crippen LogP contribution in [0.15, 0.2) is 61.2 Å². The Hall–Kier alpha value is -4.00. The molecule has 1 atom stereocenters. The molecule has 0 aliphatic heterocycles. The smallest absolute Gasteiger partial charge is 0.318 e. The molecule has 0 bridgehead atoms. The lowest BCUT2D eigenvalue weighted by molar-refractivity contribution is -0.121. The van der Waals surface area contributed by atoms with E-state index in [2.05, 4.69) is 15.3 Å². The van der Waals surface area contributed by atoms with E-state index in [9.17, 15) is 39.9 Å². The van der Waals surface area contributed by atoms with Crippen LogP contribution in [0.3, 0.4) is 0 Å². The summed E-state index contributed by atoms with van der Waals surface area (Å²) >= 11 is 5.99. The Morgan fingerprint density at radius 2 is 1.65 bits per heavy atom. The first-order valence-electron chi connectivity index (χ1n) is 12.8. The largest absolute Gasteiger partial charge is 0.347 e. The molecule has 0 fully saturated rings. The summed E-state index contributed by atoms with van der Waals surface area (Å²) in [5.74, 6) is -10.7. The van der Waals surface area contributed by atoms with Crippen LogP contribution in [0.25, 0.3) is 11.1 Å². The summed E-state index contributed by atoms with van der Waals surface area (Å²) in [6, 6.07) is 7.96. The van der Waals surface area contributed by atoms with Crippen molar-refractivity contribution in [2.45, 2.75) is 50.1 Å². The van der Waals surface area contributed by atoms with Gasteiger partial charge in [0, 0.05) is 41.9 Å². The van der Waals surface area contributed by atoms with E-state index in [1.165, 1.54) is 6.20 Å². The van der Waals surface area contributed by atoms with Crippen LogP contribution in [0.1, 0.15) is 53.5 Å². The second-order valence-electron chi connectivity index (χ2n) is 10.1. The normalized spacial score (nSPS) is 16.1. The molecule has 2 heterocycles. The number of hydrogen-bond donors (Lipinski definition) is 1. The number of nitrogens with one attached hydrogen (secondary N) is 1. The van der Waals surface area contributed by atoms with Gasteiger partial charge in [-0.2, -0.15) is 17.6 Å². The zero-order chi connectivity index (χ0) is 31.1. The number of fused-ring (bicyclic) bond motifs is 1. The van der Waals surface area contributed by atoms with E-state index >= 15 is 0 Å². The minimum Gasteiger partial charge on any atom is -0.347 e. The Kier molecular flexibility index (Phi) is 8.21. The van der Waals surface area contributed by atoms with Gasteiger partial charge < -0.3 is 5.32 Å². The molecular weight excluding hydrogens is 608 g/mol. The van der Waals surface area contributed by atoms with E-state index in [1.54, 1.807) is 24.3 Å². The molecule has 43 heavy (non-hydrogen) atoms. The highest BCUT2D eigenvalue weighted by molar-refractivity contribution is 6.30. The monoisotopic (exact) mass is 628 g/mol. The van der Waals surface area contributed by atoms with Crippen LogP contribution in [-0.2, 0) is 29.5 Å². The molecule has 2 aromatic heterocycles. The number of nitrogens with zero attached hydrogens (tertiary/aromatic N) is 3. The quantitative estimate of drug-likeness (QED) is 0.202. The molecule has 1 amide bonds. The maximum atomic E-state index is 14.9. The highest BCUT2D eigenvalue weighted by atomic mass is 35.5. The lowest BCUT2D eigenvalue weighted by Crippen LogP contribution is -2.34. The zero-order valence-electron chi connectivity index (χ0n) is 21.9. The average Bonchev–Trinajstić information content (AvgIpc) is 3.33. The first-order valence-corrected chi connectivity index (χ1v) is 13.2. The van der Waals surface area contributed by atoms with Crippen molar-refractivity contribution >= 4 is 17.5 Å². The number of hydrogen-bond acceptors (Lipinski definition) is 3. The maximum absolute atomic E-state index is 14.9. The van der Waals surface area contributed by atoms with Gasteiger partial charge in [0.2, 0.25) is 5.91 Å². The van der Waals surface area contributed by atoms with Gasteiger partial charge in [-0.25, -0.2) is 27.5 Å². The van der Waals surface area contributed by atoms with Crippen LogP contribution >= 0.6 is 11.6 Å². The predicted octanol–water partition coefficient (Wildman–Crippen LogP) is 7.89. The van der Waals surface area contributed by atoms with Crippen molar-refractivity contribution < 1.29 is 39.9 Å². The van der Waals surface area contributed by atoms with E-state index in [0.717, 1.165) is 18.5 Å². The Labute approximate surface area is 244 Å². The fourth-order valence-corrected chi connectivity index (χ4v) is 5.40. The molecule has 5 rings (SSSR count). The van der Waals surface area contributed by atoms with E-state index in [-0.39, 0.29) is 22.2 Å². The lowest BCUT2D eigenvalue weighted by atomic mass is 9.88. The Balaban J connectivity index is 1.54. The molecule has 1 aliphatic carbocycles. The van der Waals surface area contributed by atoms with E-state index in [0.29, 0.717) is 28.4 Å². The molecule has 2 aromatic carbocycles. The summed E-state index contributed by atoms with van der Waals surface area (Å²) in [6.45, 7) is -3.57. The van der Waals surface area contributed by atoms with Crippen molar-refractivity contribution in [3.8, 4) is 11.1 Å². The number of carbonyl (C=O) groups is 1. The molecule has 1 N–H and O–H groups in total. The first-order chi connectivity index (χ1) is 20.2. The third-order valence-electron chi connectivity index (χ3n) is 7.06. The zero-order valence-corrected chi connectivity index (χ0v) is 22.7. The number of aromatic nitrogens is 3. The van der Waals surface area contributed by atoms with Crippen molar-refractivity contribution in [2.75, 3.05) is 0 Å². The SMILES string of the molecule is O=C(Cc1cn(C(F)F)c2c1C(F)(F)CCC2(F)F)N[C@@H](Cc1cc(F)cc(F)c1)c1ncncc1-c1ccc(Cl)cc1. The lowest BCUT2D eigenvalue weighted by Gasteiger charge is -2.30. The van der Waals surface area contributed by atoms with Gasteiger partial charge in [0.15, 0.2) is 0 Å². The second kappa shape index (κ2) is 11.6. The minimum absolute atomic E-state index is 0.0934. The summed E-state index contributed by atoms with van der Waals surface area (Å²) in [4.78, 5) is 21.6. The highest BCUT2D eigenvalue weighted by Crippen LogP contribution is 2.52. The van der Waals surface area contributed by atoms with Gasteiger partial charge in [0.1, 0.15) is 23.7 Å². The van der Waals surface area contributed by atoms with Gasteiger partial charge in [-0.1, -0.05) is 23.7 Å². The predicted molar refractivity (Wildman–Crippen MR) is 140 cm³/mol. The number of amides is 1. The summed E-state index contributed by atoms with van der Waals surface area (Å²) in [6.07, 6.45) is -0.855. The number of benzene rings is 2. The standard InChI is InChI=1S/C29H21ClF8N4O/c30-18-3-1-16(2-4-18)21-12-39-14-40-25(21)22(9-15-7-19(31)11-20(32)8-15)41-23(43)10-17-13-42(27(33)34)26-24(17)28(35,36)5-6-29(26,37)38/h1-4,7-8,11-14,22,27H,5-6,9-10H2,(H,41,43)/t22-/m0/s1. The molecule has 14 heteroatoms. The molecule has 0 saturated heterocycles. The Morgan fingerprint density at radius 1 is 1.00 bits per heavy atom. The number of alkyl halides is 6. The topological polar surface area (TPSA) is 59.8 Å². The average molecular weight is 629 g/mol. The third kappa shape index (κ3) is 6.36. The van der Waals surface area contributed by atoms with Gasteiger partial charge >= 0.3 is 6.55 Å². The van der Waals surface area contributed by atoms with Crippen molar-refractivity contribution in [3.05, 3.63) is 106 Å². The van der Waals surface area contributed by atoms with Crippen LogP contribution in [0, 0.1) is 11.6 Å². The molecule has 0 radical (unpaired) electrons. The second-order valence-corrected chi connectivity index (χ2v) is 10.5. The van der Waals surface area contributed by atoms with Gasteiger partial charge in [-0.05, 0) is 47.4 Å². The van der Waals surface area contributed by atoms with E-state index < -0.39 is 78.1 Å². The molecule has 226 valence electrons. The summed E-state index contributed by atoms with van der Waals surface area (Å²) in [5.41, 5.74) is -2.35. The van der Waals surface area contributed by atoms with Crippen LogP contribution in [-0.4, -0.2) is 20.4 Å². The minimum atomic E-state index is -3.97. The molecule has 1 aliphatic rings. The molecular formula is C29H21ClF8N4O. The van der Waals surface area contributed by atoms with Crippen LogP contribution in [0.2, 0.25) is 5.02 Å². The first kappa shape index (κ1) is 30.5. The highest BCUT2D eigenvalue weighted by Gasteiger charge is 2.53. The maximum Gasteiger partial charge on any atom is 0.318 e. The third-order valence-corrected chi connectivity index (χ3v) is 7.32. The van der Waals surface area contributed by atoms with Crippen LogP contribution in [0.4, 0.5) is 35.1 Å². The molecule has 4 aromatic rings. The molecule has 0 unspecified atom stereocenters. The Morgan fingerprint density at radius 3 is 2.30 bits per heavy atom. The van der Waals surface area contributed by atoms with Gasteiger partial charge in [-0.3, -0.25) is 9.36 Å². The van der Waals surface area contributed by atoms with Gasteiger partial charge in [0.25, 0.3) is 11.8 Å². The fourth-order valence-electron chi connectivity index (χ4n) is 5.27. The Bertz CT molecular complexity index is 1640. The van der Waals surface area contributed by atoms with Gasteiger partial charge in [0.05, 0.1) is 23.7 Å². The molecule has 0 saturated carbocycles. The number of carbonyl (C=O) groups excluding carboxylic acids is 1. The summed E-state index contributed by atoms with van der Waals surface area (Å²) in [5, 5.41) is 2.97. The summed E-state index contributed by atoms with van der Waals surface area (Å²) < 4.78 is 114. The van der Waals surface area contributed by atoms with Crippen LogP contribution < -0.4 is 5.32 Å². The summed E-state index contributed by atoms with van der Waals surface area (Å²) in [7, 11) is 0. The van der Waals surface area contributed by atoms with Gasteiger partial charge in [-0.15, -0.1) is 0 Å². The number of halogens is 9. The van der Waals surface area contributed by atoms with Crippen molar-refractivity contribution in [1.29, 1.82) is 0 Å². The van der Waals surface area contributed by atoms with E-state index in [4.69, 9.17) is 11.6 Å². The van der Waals surface area contributed by atoms with E-state index in [1.807, 2.05) is 0 Å². The van der Waals surface area contributed by atoms with Crippen molar-refractivity contribution in [3.63, 3.8) is 0 Å². The fraction of sp³-hybridized carbons (Fsp3) is 0.276. The van der Waals surface area contributed by atoms with Crippen LogP contribution in [0.5, 0.6) is 0 Å². The molecule has 0 spiro atoms. The number of rotatable bonds is 8. The van der Waals surface area contributed by atoms with Crippen molar-refractivity contribution in [2.24, 2.45) is 0 Å². The molecule has 5 nitrogen and oxygen atoms in total. The van der Waals surface area contributed by atoms with Crippen molar-refractivity contribution in [1.82, 2.24) is 19.9 Å².